The zero-order chi connectivity index (χ0) is 15.4. The summed E-state index contributed by atoms with van der Waals surface area (Å²) in [5.41, 5.74) is 9.95. The number of hydrogen-bond donors (Lipinski definition) is 0. The molecule has 4 aliphatic carbocycles. The zero-order valence-corrected chi connectivity index (χ0v) is 14.3. The molecule has 0 heterocycles. The lowest BCUT2D eigenvalue weighted by Crippen LogP contribution is -2.53. The Labute approximate surface area is 134 Å². The van der Waals surface area contributed by atoms with Crippen molar-refractivity contribution in [2.24, 2.45) is 39.6 Å². The Hall–Kier alpha value is -0.690. The van der Waals surface area contributed by atoms with Gasteiger partial charge in [0.15, 0.2) is 0 Å². The number of azide groups is 1. The van der Waals surface area contributed by atoms with Gasteiger partial charge in [-0.05, 0) is 97.8 Å². The molecule has 0 saturated heterocycles. The Morgan fingerprint density at radius 3 is 2.59 bits per heavy atom. The molecule has 0 bridgehead atoms. The molecule has 0 N–H and O–H groups in total. The Morgan fingerprint density at radius 2 is 1.77 bits per heavy atom. The Kier molecular flexibility index (Phi) is 3.49. The fourth-order valence-electron chi connectivity index (χ4n) is 7.50. The Balaban J connectivity index is 1.62. The maximum Gasteiger partial charge on any atom is 0.0379 e. The number of hydrogen-bond acceptors (Lipinski definition) is 1. The van der Waals surface area contributed by atoms with Gasteiger partial charge in [0.25, 0.3) is 0 Å². The van der Waals surface area contributed by atoms with Gasteiger partial charge in [-0.1, -0.05) is 25.4 Å². The van der Waals surface area contributed by atoms with Crippen molar-refractivity contribution >= 4 is 0 Å². The lowest BCUT2D eigenvalue weighted by atomic mass is 9.45. The second-order valence-corrected chi connectivity index (χ2v) is 9.38. The summed E-state index contributed by atoms with van der Waals surface area (Å²) in [6.45, 7) is 5.14. The van der Waals surface area contributed by atoms with Crippen LogP contribution in [0.4, 0.5) is 0 Å². The molecule has 0 amide bonds. The predicted molar refractivity (Wildman–Crippen MR) is 89.3 cm³/mol. The van der Waals surface area contributed by atoms with Crippen LogP contribution in [0.15, 0.2) is 5.11 Å². The van der Waals surface area contributed by atoms with Crippen LogP contribution < -0.4 is 0 Å². The summed E-state index contributed by atoms with van der Waals surface area (Å²) >= 11 is 0. The van der Waals surface area contributed by atoms with Gasteiger partial charge in [0, 0.05) is 11.0 Å². The smallest absolute Gasteiger partial charge is 0.0379 e. The molecule has 3 nitrogen and oxygen atoms in total. The van der Waals surface area contributed by atoms with Crippen molar-refractivity contribution in [2.45, 2.75) is 84.1 Å². The van der Waals surface area contributed by atoms with Crippen LogP contribution in [0.2, 0.25) is 0 Å². The summed E-state index contributed by atoms with van der Waals surface area (Å²) in [5, 5.41) is 4.12. The fourth-order valence-corrected chi connectivity index (χ4v) is 7.50. The lowest BCUT2D eigenvalue weighted by Gasteiger charge is -2.60. The molecule has 0 aromatic rings. The van der Waals surface area contributed by atoms with Gasteiger partial charge in [0.1, 0.15) is 0 Å². The third-order valence-corrected chi connectivity index (χ3v) is 8.59. The Morgan fingerprint density at radius 1 is 0.955 bits per heavy atom. The van der Waals surface area contributed by atoms with E-state index in [0.29, 0.717) is 10.8 Å². The molecular weight excluding hydrogens is 270 g/mol. The highest BCUT2D eigenvalue weighted by molar-refractivity contribution is 5.08. The van der Waals surface area contributed by atoms with E-state index < -0.39 is 0 Å². The SMILES string of the molecule is C[C@@]12CCC[C@H]1[C@@H]1CC[C@H]3CC[C@@H](N=[N+]=[N-])C[C@]3(C)[C@H]1CC2. The normalized spacial score (nSPS) is 53.8. The monoisotopic (exact) mass is 301 g/mol. The van der Waals surface area contributed by atoms with Crippen molar-refractivity contribution < 1.29 is 0 Å². The van der Waals surface area contributed by atoms with E-state index in [1.54, 1.807) is 0 Å². The van der Waals surface area contributed by atoms with Crippen molar-refractivity contribution in [3.63, 3.8) is 0 Å². The number of fused-ring (bicyclic) bond motifs is 5. The fraction of sp³-hybridized carbons (Fsp3) is 1.00. The molecule has 0 aromatic carbocycles. The van der Waals surface area contributed by atoms with Crippen LogP contribution in [0.1, 0.15) is 78.1 Å². The van der Waals surface area contributed by atoms with Gasteiger partial charge in [-0.25, -0.2) is 0 Å². The standard InChI is InChI=1S/C19H31N3/c1-18-10-3-4-16(18)15-8-6-13-5-7-14(21-22-20)12-19(13,2)17(15)9-11-18/h13-17H,3-12H2,1-2H3/t13-,14-,15+,16+,17+,18+,19+/m1/s1. The third-order valence-electron chi connectivity index (χ3n) is 8.59. The van der Waals surface area contributed by atoms with Gasteiger partial charge >= 0.3 is 0 Å². The summed E-state index contributed by atoms with van der Waals surface area (Å²) in [6, 6.07) is 0.266. The van der Waals surface area contributed by atoms with Crippen LogP contribution in [0.5, 0.6) is 0 Å². The summed E-state index contributed by atoms with van der Waals surface area (Å²) in [4.78, 5) is 3.12. The molecule has 0 radical (unpaired) electrons. The molecule has 4 rings (SSSR count). The van der Waals surface area contributed by atoms with Crippen LogP contribution >= 0.6 is 0 Å². The first-order valence-corrected chi connectivity index (χ1v) is 9.61. The average Bonchev–Trinajstić information content (AvgIpc) is 2.88. The highest BCUT2D eigenvalue weighted by Gasteiger charge is 2.57. The molecule has 122 valence electrons. The van der Waals surface area contributed by atoms with Crippen molar-refractivity contribution in [2.75, 3.05) is 0 Å². The van der Waals surface area contributed by atoms with E-state index in [0.717, 1.165) is 36.5 Å². The lowest BCUT2D eigenvalue weighted by molar-refractivity contribution is -0.106. The molecule has 4 saturated carbocycles. The molecule has 4 aliphatic rings. The van der Waals surface area contributed by atoms with Crippen LogP contribution in [0.25, 0.3) is 10.4 Å². The molecule has 3 heteroatoms. The van der Waals surface area contributed by atoms with Crippen LogP contribution in [0.3, 0.4) is 0 Å². The third kappa shape index (κ3) is 2.04. The largest absolute Gasteiger partial charge is 0.0906 e. The average molecular weight is 301 g/mol. The first-order chi connectivity index (χ1) is 10.6. The molecule has 4 fully saturated rings. The van der Waals surface area contributed by atoms with Crippen LogP contribution in [0, 0.1) is 34.5 Å². The highest BCUT2D eigenvalue weighted by Crippen LogP contribution is 2.66. The van der Waals surface area contributed by atoms with Gasteiger partial charge in [-0.2, -0.15) is 0 Å². The van der Waals surface area contributed by atoms with Gasteiger partial charge in [-0.15, -0.1) is 0 Å². The molecule has 22 heavy (non-hydrogen) atoms. The minimum Gasteiger partial charge on any atom is -0.0906 e. The number of nitrogens with zero attached hydrogens (tertiary/aromatic N) is 3. The van der Waals surface area contributed by atoms with Crippen LogP contribution in [-0.2, 0) is 0 Å². The minimum absolute atomic E-state index is 0.266. The minimum atomic E-state index is 0.266. The molecule has 7 atom stereocenters. The second-order valence-electron chi connectivity index (χ2n) is 9.38. The van der Waals surface area contributed by atoms with E-state index in [2.05, 4.69) is 23.9 Å². The number of rotatable bonds is 1. The summed E-state index contributed by atoms with van der Waals surface area (Å²) in [5.74, 6) is 3.75. The highest BCUT2D eigenvalue weighted by atomic mass is 15.1. The Bertz CT molecular complexity index is 497. The van der Waals surface area contributed by atoms with Crippen molar-refractivity contribution in [3.8, 4) is 0 Å². The van der Waals surface area contributed by atoms with E-state index in [4.69, 9.17) is 5.53 Å². The van der Waals surface area contributed by atoms with E-state index in [1.165, 1.54) is 51.4 Å². The molecule has 0 aliphatic heterocycles. The maximum atomic E-state index is 8.85. The zero-order valence-electron chi connectivity index (χ0n) is 14.3. The summed E-state index contributed by atoms with van der Waals surface area (Å²) < 4.78 is 0. The quantitative estimate of drug-likeness (QED) is 0.319. The molecular formula is C19H31N3. The first-order valence-electron chi connectivity index (χ1n) is 9.61. The molecule has 0 spiro atoms. The first kappa shape index (κ1) is 14.9. The van der Waals surface area contributed by atoms with Crippen LogP contribution in [-0.4, -0.2) is 6.04 Å². The van der Waals surface area contributed by atoms with E-state index in [1.807, 2.05) is 0 Å². The summed E-state index contributed by atoms with van der Waals surface area (Å²) in [7, 11) is 0. The van der Waals surface area contributed by atoms with Crippen molar-refractivity contribution in [1.82, 2.24) is 0 Å². The van der Waals surface area contributed by atoms with Crippen molar-refractivity contribution in [1.29, 1.82) is 0 Å². The topological polar surface area (TPSA) is 48.8 Å². The molecule has 0 aromatic heterocycles. The second kappa shape index (κ2) is 5.16. The van der Waals surface area contributed by atoms with Gasteiger partial charge in [-0.3, -0.25) is 0 Å². The van der Waals surface area contributed by atoms with Crippen molar-refractivity contribution in [3.05, 3.63) is 10.4 Å². The van der Waals surface area contributed by atoms with E-state index >= 15 is 0 Å². The van der Waals surface area contributed by atoms with Gasteiger partial charge in [0.05, 0.1) is 0 Å². The molecule has 0 unspecified atom stereocenters. The van der Waals surface area contributed by atoms with E-state index in [9.17, 15) is 0 Å². The van der Waals surface area contributed by atoms with Gasteiger partial charge < -0.3 is 0 Å². The predicted octanol–water partition coefficient (Wildman–Crippen LogP) is 6.10. The summed E-state index contributed by atoms with van der Waals surface area (Å²) in [6.07, 6.45) is 13.8. The van der Waals surface area contributed by atoms with Gasteiger partial charge in [0.2, 0.25) is 0 Å². The maximum absolute atomic E-state index is 8.85. The van der Waals surface area contributed by atoms with E-state index in [-0.39, 0.29) is 6.04 Å².